The van der Waals surface area contributed by atoms with Crippen molar-refractivity contribution in [3.8, 4) is 0 Å². The second-order valence-corrected chi connectivity index (χ2v) is 14.2. The molecule has 0 spiro atoms. The predicted octanol–water partition coefficient (Wildman–Crippen LogP) is 3.74. The number of ether oxygens (including phenoxy) is 6. The molecular formula is C25H48O9S. The smallest absolute Gasteiger partial charge is 0.303 e. The van der Waals surface area contributed by atoms with Crippen molar-refractivity contribution in [3.63, 3.8) is 0 Å². The number of aliphatic hydroxyl groups is 1. The molecule has 9 nitrogen and oxygen atoms in total. The van der Waals surface area contributed by atoms with Gasteiger partial charge in [-0.1, -0.05) is 39.0 Å². The molecule has 1 aliphatic rings. The van der Waals surface area contributed by atoms with Crippen molar-refractivity contribution < 1.29 is 43.1 Å². The summed E-state index contributed by atoms with van der Waals surface area (Å²) in [5.74, 6) is -0.486. The first-order valence-corrected chi connectivity index (χ1v) is 15.4. The first kappa shape index (κ1) is 32.1. The third kappa shape index (κ3) is 13.3. The Kier molecular flexibility index (Phi) is 14.7. The zero-order chi connectivity index (χ0) is 26.5. The molecule has 1 aliphatic heterocycles. The molecule has 5 atom stereocenters. The van der Waals surface area contributed by atoms with E-state index in [1.165, 1.54) is 58.1 Å². The molecule has 35 heavy (non-hydrogen) atoms. The van der Waals surface area contributed by atoms with Gasteiger partial charge in [0.1, 0.15) is 24.9 Å². The topological polar surface area (TPSA) is 110 Å². The van der Waals surface area contributed by atoms with Gasteiger partial charge in [0.2, 0.25) is 0 Å². The van der Waals surface area contributed by atoms with E-state index >= 15 is 0 Å². The maximum absolute atomic E-state index is 11.7. The van der Waals surface area contributed by atoms with Crippen LogP contribution in [0.25, 0.3) is 0 Å². The number of carbonyl (C=O) groups excluding carboxylic acids is 2. The lowest BCUT2D eigenvalue weighted by Gasteiger charge is -2.36. The Morgan fingerprint density at radius 1 is 1.06 bits per heavy atom. The average molecular weight is 525 g/mol. The van der Waals surface area contributed by atoms with Crippen molar-refractivity contribution in [2.24, 2.45) is 0 Å². The van der Waals surface area contributed by atoms with Gasteiger partial charge in [0.25, 0.3) is 5.97 Å². The molecule has 0 radical (unpaired) electrons. The molecular weight excluding hydrogens is 476 g/mol. The van der Waals surface area contributed by atoms with E-state index in [0.29, 0.717) is 6.61 Å². The number of hydrogen-bond donors (Lipinski definition) is 1. The van der Waals surface area contributed by atoms with E-state index in [0.717, 1.165) is 5.75 Å². The number of hydrogen-bond acceptors (Lipinski definition) is 9. The van der Waals surface area contributed by atoms with Gasteiger partial charge in [-0.15, -0.1) is 0 Å². The molecule has 1 N–H and O–H groups in total. The van der Waals surface area contributed by atoms with E-state index in [4.69, 9.17) is 28.4 Å². The molecule has 10 heteroatoms. The monoisotopic (exact) mass is 524 g/mol. The summed E-state index contributed by atoms with van der Waals surface area (Å²) in [5.41, 5.74) is 0. The summed E-state index contributed by atoms with van der Waals surface area (Å²) in [6, 6.07) is 0. The predicted molar refractivity (Wildman–Crippen MR) is 136 cm³/mol. The van der Waals surface area contributed by atoms with Crippen LogP contribution in [-0.4, -0.2) is 91.5 Å². The van der Waals surface area contributed by atoms with Crippen LogP contribution in [0.4, 0.5) is 0 Å². The largest absolute Gasteiger partial charge is 0.463 e. The van der Waals surface area contributed by atoms with Gasteiger partial charge >= 0.3 is 11.9 Å². The highest BCUT2D eigenvalue weighted by molar-refractivity contribution is 8.32. The highest BCUT2D eigenvalue weighted by Crippen LogP contribution is 2.41. The molecule has 0 aromatic rings. The van der Waals surface area contributed by atoms with Crippen LogP contribution in [0.2, 0.25) is 0 Å². The molecule has 0 saturated carbocycles. The molecule has 1 saturated heterocycles. The normalized spacial score (nSPS) is 28.5. The Bertz CT molecular complexity index is 630. The summed E-state index contributed by atoms with van der Waals surface area (Å²) in [5, 5.41) is 10.8. The van der Waals surface area contributed by atoms with Gasteiger partial charge in [0.15, 0.2) is 12.9 Å². The quantitative estimate of drug-likeness (QED) is 0.268. The molecule has 5 unspecified atom stereocenters. The molecule has 0 aromatic heterocycles. The van der Waals surface area contributed by atoms with Gasteiger partial charge in [-0.25, -0.2) is 10.0 Å². The number of unbranched alkanes of at least 4 members (excludes halogenated alkanes) is 5. The van der Waals surface area contributed by atoms with Crippen LogP contribution >= 0.6 is 10.0 Å². The minimum atomic E-state index is -1.47. The summed E-state index contributed by atoms with van der Waals surface area (Å²) in [6.45, 7) is 7.95. The highest BCUT2D eigenvalue weighted by atomic mass is 32.3. The van der Waals surface area contributed by atoms with E-state index in [1.54, 1.807) is 13.8 Å². The lowest BCUT2D eigenvalue weighted by molar-refractivity contribution is -0.399. The van der Waals surface area contributed by atoms with Gasteiger partial charge in [0, 0.05) is 26.5 Å². The summed E-state index contributed by atoms with van der Waals surface area (Å²) in [7, 11) is -0.824. The van der Waals surface area contributed by atoms with E-state index < -0.39 is 52.4 Å². The SMILES string of the molecule is CCCCCCCCS(C)(C)CCOC1(C)OCOC(COC(C)=O)C(O)C(OC(C)=O)C(C)O1. The van der Waals surface area contributed by atoms with Crippen molar-refractivity contribution in [3.05, 3.63) is 0 Å². The Labute approximate surface area is 212 Å². The van der Waals surface area contributed by atoms with E-state index in [-0.39, 0.29) is 13.4 Å². The van der Waals surface area contributed by atoms with Crippen molar-refractivity contribution >= 4 is 22.0 Å². The second kappa shape index (κ2) is 16.0. The van der Waals surface area contributed by atoms with Gasteiger partial charge in [-0.2, -0.15) is 0 Å². The molecule has 0 bridgehead atoms. The fraction of sp³-hybridized carbons (Fsp3) is 0.920. The molecule has 0 aliphatic carbocycles. The van der Waals surface area contributed by atoms with Gasteiger partial charge in [0.05, 0.1) is 6.61 Å². The summed E-state index contributed by atoms with van der Waals surface area (Å²) in [4.78, 5) is 22.9. The lowest BCUT2D eigenvalue weighted by Crippen LogP contribution is -2.50. The van der Waals surface area contributed by atoms with Crippen LogP contribution in [-0.2, 0) is 38.0 Å². The van der Waals surface area contributed by atoms with Gasteiger partial charge in [-0.05, 0) is 31.6 Å². The standard InChI is InChI=1S/C25H48O9S/c1-8-9-10-11-12-13-15-35(6,7)16-14-31-25(5)32-18-30-22(17-29-20(3)26)23(28)24(19(2)34-25)33-21(4)27/h19,22-24,28H,8-18H2,1-7H3. The zero-order valence-electron chi connectivity index (χ0n) is 22.7. The van der Waals surface area contributed by atoms with E-state index in [9.17, 15) is 14.7 Å². The highest BCUT2D eigenvalue weighted by Gasteiger charge is 2.42. The first-order chi connectivity index (χ1) is 16.4. The molecule has 0 amide bonds. The Hall–Kier alpha value is -0.910. The zero-order valence-corrected chi connectivity index (χ0v) is 23.5. The van der Waals surface area contributed by atoms with Crippen molar-refractivity contribution in [2.75, 3.05) is 44.0 Å². The van der Waals surface area contributed by atoms with Crippen molar-refractivity contribution in [1.82, 2.24) is 0 Å². The molecule has 208 valence electrons. The van der Waals surface area contributed by atoms with Crippen LogP contribution in [0.3, 0.4) is 0 Å². The number of aliphatic hydroxyl groups excluding tert-OH is 1. The fourth-order valence-electron chi connectivity index (χ4n) is 3.86. The minimum Gasteiger partial charge on any atom is -0.463 e. The molecule has 0 aromatic carbocycles. The summed E-state index contributed by atoms with van der Waals surface area (Å²) < 4.78 is 33.8. The Balaban J connectivity index is 2.73. The van der Waals surface area contributed by atoms with E-state index in [1.807, 2.05) is 0 Å². The van der Waals surface area contributed by atoms with Crippen LogP contribution in [0, 0.1) is 0 Å². The van der Waals surface area contributed by atoms with E-state index in [2.05, 4.69) is 19.4 Å². The lowest BCUT2D eigenvalue weighted by atomic mass is 10.0. The molecule has 1 heterocycles. The number of esters is 2. The fourth-order valence-corrected chi connectivity index (χ4v) is 5.59. The van der Waals surface area contributed by atoms with Crippen LogP contribution < -0.4 is 0 Å². The maximum Gasteiger partial charge on any atom is 0.303 e. The summed E-state index contributed by atoms with van der Waals surface area (Å²) in [6.07, 6.45) is 8.16. The second-order valence-electron chi connectivity index (χ2n) is 9.81. The van der Waals surface area contributed by atoms with Gasteiger partial charge < -0.3 is 33.5 Å². The Morgan fingerprint density at radius 3 is 2.34 bits per heavy atom. The number of rotatable bonds is 14. The average Bonchev–Trinajstić information content (AvgIpc) is 2.79. The first-order valence-electron chi connectivity index (χ1n) is 12.6. The van der Waals surface area contributed by atoms with Crippen LogP contribution in [0.1, 0.15) is 73.1 Å². The number of carbonyl (C=O) groups is 2. The van der Waals surface area contributed by atoms with Crippen LogP contribution in [0.5, 0.6) is 0 Å². The summed E-state index contributed by atoms with van der Waals surface area (Å²) >= 11 is 0. The van der Waals surface area contributed by atoms with Gasteiger partial charge in [-0.3, -0.25) is 9.59 Å². The third-order valence-corrected chi connectivity index (χ3v) is 8.65. The molecule has 1 fully saturated rings. The van der Waals surface area contributed by atoms with Crippen LogP contribution in [0.15, 0.2) is 0 Å². The third-order valence-electron chi connectivity index (χ3n) is 5.99. The van der Waals surface area contributed by atoms with Crippen molar-refractivity contribution in [2.45, 2.75) is 104 Å². The maximum atomic E-state index is 11.7. The van der Waals surface area contributed by atoms with Crippen molar-refractivity contribution in [1.29, 1.82) is 0 Å². The Morgan fingerprint density at radius 2 is 1.71 bits per heavy atom. The minimum absolute atomic E-state index is 0.224. The molecule has 1 rings (SSSR count).